The molecular formula is C11H11F3N6. The third-order valence-electron chi connectivity index (χ3n) is 2.33. The summed E-state index contributed by atoms with van der Waals surface area (Å²) in [5, 5.41) is 5.33. The van der Waals surface area contributed by atoms with Crippen molar-refractivity contribution in [3.05, 3.63) is 36.2 Å². The average molecular weight is 284 g/mol. The molecule has 0 aliphatic carbocycles. The Bertz CT molecular complexity index is 572. The molecule has 0 amide bonds. The maximum absolute atomic E-state index is 12.6. The average Bonchev–Trinajstić information content (AvgIpc) is 2.45. The third kappa shape index (κ3) is 3.53. The van der Waals surface area contributed by atoms with Gasteiger partial charge in [-0.2, -0.15) is 13.2 Å². The van der Waals surface area contributed by atoms with Gasteiger partial charge in [-0.05, 0) is 6.07 Å². The van der Waals surface area contributed by atoms with E-state index in [1.807, 2.05) is 0 Å². The van der Waals surface area contributed by atoms with Crippen LogP contribution in [0.5, 0.6) is 0 Å². The number of halogens is 3. The summed E-state index contributed by atoms with van der Waals surface area (Å²) in [6.45, 7) is 0.236. The minimum Gasteiger partial charge on any atom is -0.373 e. The molecule has 20 heavy (non-hydrogen) atoms. The topological polar surface area (TPSA) is 75.6 Å². The molecule has 2 heterocycles. The summed E-state index contributed by atoms with van der Waals surface area (Å²) in [7, 11) is 1.48. The first-order valence-corrected chi connectivity index (χ1v) is 5.62. The van der Waals surface area contributed by atoms with E-state index in [2.05, 4.69) is 30.6 Å². The SMILES string of the molecule is CNc1cc(NCc2ccncn2)nc(C(F)(F)F)n1. The fourth-order valence-corrected chi connectivity index (χ4v) is 1.40. The molecule has 2 N–H and O–H groups in total. The minimum absolute atomic E-state index is 0.0651. The molecule has 0 unspecified atom stereocenters. The molecule has 2 rings (SSSR count). The number of aromatic nitrogens is 4. The van der Waals surface area contributed by atoms with Gasteiger partial charge in [0.1, 0.15) is 18.0 Å². The van der Waals surface area contributed by atoms with E-state index >= 15 is 0 Å². The Labute approximate surface area is 112 Å². The van der Waals surface area contributed by atoms with Crippen LogP contribution < -0.4 is 10.6 Å². The lowest BCUT2D eigenvalue weighted by Crippen LogP contribution is -2.14. The molecule has 0 aliphatic heterocycles. The maximum atomic E-state index is 12.6. The first-order chi connectivity index (χ1) is 9.49. The van der Waals surface area contributed by atoms with E-state index in [0.717, 1.165) is 0 Å². The van der Waals surface area contributed by atoms with Crippen molar-refractivity contribution in [2.75, 3.05) is 17.7 Å². The Morgan fingerprint density at radius 1 is 1.20 bits per heavy atom. The van der Waals surface area contributed by atoms with Crippen molar-refractivity contribution in [3.8, 4) is 0 Å². The van der Waals surface area contributed by atoms with Gasteiger partial charge < -0.3 is 10.6 Å². The number of hydrogen-bond acceptors (Lipinski definition) is 6. The Morgan fingerprint density at radius 2 is 1.95 bits per heavy atom. The first-order valence-electron chi connectivity index (χ1n) is 5.62. The molecule has 2 aromatic heterocycles. The van der Waals surface area contributed by atoms with Crippen LogP contribution in [0.15, 0.2) is 24.7 Å². The van der Waals surface area contributed by atoms with E-state index < -0.39 is 12.0 Å². The summed E-state index contributed by atoms with van der Waals surface area (Å²) < 4.78 is 37.9. The number of nitrogens with zero attached hydrogens (tertiary/aromatic N) is 4. The van der Waals surface area contributed by atoms with E-state index in [0.29, 0.717) is 5.69 Å². The van der Waals surface area contributed by atoms with Crippen LogP contribution in [0, 0.1) is 0 Å². The van der Waals surface area contributed by atoms with Crippen LogP contribution in [-0.2, 0) is 12.7 Å². The van der Waals surface area contributed by atoms with Gasteiger partial charge in [-0.15, -0.1) is 0 Å². The molecule has 0 bridgehead atoms. The fraction of sp³-hybridized carbons (Fsp3) is 0.273. The number of nitrogens with one attached hydrogen (secondary N) is 2. The van der Waals surface area contributed by atoms with Crippen molar-refractivity contribution in [2.45, 2.75) is 12.7 Å². The summed E-state index contributed by atoms with van der Waals surface area (Å²) in [4.78, 5) is 14.5. The predicted octanol–water partition coefficient (Wildman–Crippen LogP) is 1.94. The van der Waals surface area contributed by atoms with E-state index in [1.165, 1.54) is 19.4 Å². The van der Waals surface area contributed by atoms with E-state index in [4.69, 9.17) is 0 Å². The number of anilines is 2. The van der Waals surface area contributed by atoms with Crippen LogP contribution in [0.25, 0.3) is 0 Å². The lowest BCUT2D eigenvalue weighted by Gasteiger charge is -2.11. The van der Waals surface area contributed by atoms with E-state index in [-0.39, 0.29) is 18.2 Å². The van der Waals surface area contributed by atoms with Crippen LogP contribution in [0.4, 0.5) is 24.8 Å². The maximum Gasteiger partial charge on any atom is 0.451 e. The summed E-state index contributed by atoms with van der Waals surface area (Å²) >= 11 is 0. The van der Waals surface area contributed by atoms with Gasteiger partial charge in [-0.1, -0.05) is 0 Å². The van der Waals surface area contributed by atoms with E-state index in [9.17, 15) is 13.2 Å². The van der Waals surface area contributed by atoms with E-state index in [1.54, 1.807) is 12.3 Å². The smallest absolute Gasteiger partial charge is 0.373 e. The van der Waals surface area contributed by atoms with Gasteiger partial charge in [-0.25, -0.2) is 19.9 Å². The predicted molar refractivity (Wildman–Crippen MR) is 65.9 cm³/mol. The molecule has 6 nitrogen and oxygen atoms in total. The molecule has 0 spiro atoms. The molecule has 0 atom stereocenters. The summed E-state index contributed by atoms with van der Waals surface area (Å²) in [6.07, 6.45) is -1.69. The molecule has 9 heteroatoms. The normalized spacial score (nSPS) is 11.2. The zero-order valence-electron chi connectivity index (χ0n) is 10.4. The van der Waals surface area contributed by atoms with Gasteiger partial charge in [0.2, 0.25) is 5.82 Å². The standard InChI is InChI=1S/C11H11F3N6/c1-15-8-4-9(20-10(19-8)11(12,13)14)17-5-7-2-3-16-6-18-7/h2-4,6H,5H2,1H3,(H2,15,17,19,20). The van der Waals surface area contributed by atoms with Gasteiger partial charge in [0.25, 0.3) is 0 Å². The van der Waals surface area contributed by atoms with Gasteiger partial charge >= 0.3 is 6.18 Å². The molecule has 0 fully saturated rings. The van der Waals surface area contributed by atoms with Crippen molar-refractivity contribution in [1.82, 2.24) is 19.9 Å². The second-order valence-electron chi connectivity index (χ2n) is 3.76. The van der Waals surface area contributed by atoms with Crippen LogP contribution >= 0.6 is 0 Å². The lowest BCUT2D eigenvalue weighted by atomic mass is 10.4. The van der Waals surface area contributed by atoms with Crippen LogP contribution in [-0.4, -0.2) is 27.0 Å². The molecule has 0 aromatic carbocycles. The van der Waals surface area contributed by atoms with Crippen molar-refractivity contribution >= 4 is 11.6 Å². The van der Waals surface area contributed by atoms with Crippen LogP contribution in [0.3, 0.4) is 0 Å². The number of hydrogen-bond donors (Lipinski definition) is 2. The zero-order chi connectivity index (χ0) is 14.6. The molecule has 0 saturated heterocycles. The van der Waals surface area contributed by atoms with Crippen molar-refractivity contribution in [1.29, 1.82) is 0 Å². The second kappa shape index (κ2) is 5.68. The molecule has 0 aliphatic rings. The highest BCUT2D eigenvalue weighted by Crippen LogP contribution is 2.28. The van der Waals surface area contributed by atoms with Crippen molar-refractivity contribution in [3.63, 3.8) is 0 Å². The van der Waals surface area contributed by atoms with Crippen LogP contribution in [0.2, 0.25) is 0 Å². The summed E-state index contributed by atoms with van der Waals surface area (Å²) in [5.41, 5.74) is 0.637. The second-order valence-corrected chi connectivity index (χ2v) is 3.76. The van der Waals surface area contributed by atoms with Gasteiger partial charge in [0, 0.05) is 19.3 Å². The largest absolute Gasteiger partial charge is 0.451 e. The number of alkyl halides is 3. The summed E-state index contributed by atoms with van der Waals surface area (Å²) in [6, 6.07) is 3.04. The Balaban J connectivity index is 2.19. The monoisotopic (exact) mass is 284 g/mol. The molecular weight excluding hydrogens is 273 g/mol. The van der Waals surface area contributed by atoms with Crippen molar-refractivity contribution < 1.29 is 13.2 Å². The zero-order valence-corrected chi connectivity index (χ0v) is 10.4. The van der Waals surface area contributed by atoms with Crippen molar-refractivity contribution in [2.24, 2.45) is 0 Å². The molecule has 0 radical (unpaired) electrons. The van der Waals surface area contributed by atoms with Crippen LogP contribution in [0.1, 0.15) is 11.5 Å². The highest BCUT2D eigenvalue weighted by Gasteiger charge is 2.35. The Hall–Kier alpha value is -2.45. The lowest BCUT2D eigenvalue weighted by molar-refractivity contribution is -0.144. The van der Waals surface area contributed by atoms with Gasteiger partial charge in [-0.3, -0.25) is 0 Å². The molecule has 106 valence electrons. The number of rotatable bonds is 4. The van der Waals surface area contributed by atoms with Gasteiger partial charge in [0.05, 0.1) is 12.2 Å². The third-order valence-corrected chi connectivity index (χ3v) is 2.33. The Kier molecular flexibility index (Phi) is 3.97. The highest BCUT2D eigenvalue weighted by molar-refractivity contribution is 5.47. The quantitative estimate of drug-likeness (QED) is 0.893. The fourth-order valence-electron chi connectivity index (χ4n) is 1.40. The molecule has 0 saturated carbocycles. The molecule has 2 aromatic rings. The van der Waals surface area contributed by atoms with Gasteiger partial charge in [0.15, 0.2) is 0 Å². The Morgan fingerprint density at radius 3 is 2.55 bits per heavy atom. The first kappa shape index (κ1) is 14.0. The summed E-state index contributed by atoms with van der Waals surface area (Å²) in [5.74, 6) is -1.05. The highest BCUT2D eigenvalue weighted by atomic mass is 19.4. The minimum atomic E-state index is -4.60.